The molecule has 1 aromatic rings. The van der Waals surface area contributed by atoms with Gasteiger partial charge >= 0.3 is 0 Å². The number of ether oxygens (including phenoxy) is 1. The number of benzene rings is 1. The van der Waals surface area contributed by atoms with Crippen LogP contribution in [-0.4, -0.2) is 38.3 Å². The average Bonchev–Trinajstić information content (AvgIpc) is 2.46. The van der Waals surface area contributed by atoms with E-state index in [1.165, 1.54) is 18.9 Å². The number of nitrogens with zero attached hydrogens (tertiary/aromatic N) is 1. The Morgan fingerprint density at radius 1 is 1.45 bits per heavy atom. The highest BCUT2D eigenvalue weighted by Crippen LogP contribution is 2.21. The van der Waals surface area contributed by atoms with E-state index in [-0.39, 0.29) is 11.9 Å². The highest BCUT2D eigenvalue weighted by atomic mass is 19.1. The first-order valence-electron chi connectivity index (χ1n) is 7.42. The minimum atomic E-state index is -0.223. The van der Waals surface area contributed by atoms with Crippen molar-refractivity contribution in [3.05, 3.63) is 35.6 Å². The zero-order valence-corrected chi connectivity index (χ0v) is 12.2. The molecule has 0 amide bonds. The fourth-order valence-electron chi connectivity index (χ4n) is 2.98. The first kappa shape index (κ1) is 15.4. The van der Waals surface area contributed by atoms with E-state index >= 15 is 0 Å². The van der Waals surface area contributed by atoms with Crippen LogP contribution in [0.2, 0.25) is 0 Å². The van der Waals surface area contributed by atoms with Crippen LogP contribution in [0, 0.1) is 11.7 Å². The summed E-state index contributed by atoms with van der Waals surface area (Å²) in [7, 11) is 1.76. The third-order valence-electron chi connectivity index (χ3n) is 4.07. The SMILES string of the molecule is COCC1CCCN(CCC(N)c2ccccc2F)C1. The van der Waals surface area contributed by atoms with Crippen LogP contribution in [0.3, 0.4) is 0 Å². The summed E-state index contributed by atoms with van der Waals surface area (Å²) in [6, 6.07) is 6.58. The van der Waals surface area contributed by atoms with Crippen LogP contribution in [0.15, 0.2) is 24.3 Å². The van der Waals surface area contributed by atoms with Crippen LogP contribution in [0.1, 0.15) is 30.9 Å². The Balaban J connectivity index is 1.81. The maximum Gasteiger partial charge on any atom is 0.127 e. The first-order valence-corrected chi connectivity index (χ1v) is 7.42. The molecule has 1 aliphatic heterocycles. The lowest BCUT2D eigenvalue weighted by Gasteiger charge is -2.33. The number of likely N-dealkylation sites (tertiary alicyclic amines) is 1. The van der Waals surface area contributed by atoms with E-state index in [0.717, 1.165) is 32.7 Å². The molecular weight excluding hydrogens is 255 g/mol. The Morgan fingerprint density at radius 2 is 2.25 bits per heavy atom. The van der Waals surface area contributed by atoms with E-state index in [9.17, 15) is 4.39 Å². The third kappa shape index (κ3) is 4.27. The van der Waals surface area contributed by atoms with Gasteiger partial charge in [-0.25, -0.2) is 4.39 Å². The van der Waals surface area contributed by atoms with Gasteiger partial charge in [0.15, 0.2) is 0 Å². The van der Waals surface area contributed by atoms with Gasteiger partial charge < -0.3 is 15.4 Å². The summed E-state index contributed by atoms with van der Waals surface area (Å²) in [5.41, 5.74) is 6.74. The Hall–Kier alpha value is -0.970. The molecule has 2 unspecified atom stereocenters. The predicted molar refractivity (Wildman–Crippen MR) is 79.0 cm³/mol. The molecule has 0 aliphatic carbocycles. The quantitative estimate of drug-likeness (QED) is 0.870. The summed E-state index contributed by atoms with van der Waals surface area (Å²) < 4.78 is 18.9. The van der Waals surface area contributed by atoms with E-state index in [2.05, 4.69) is 4.90 Å². The van der Waals surface area contributed by atoms with Gasteiger partial charge in [0.2, 0.25) is 0 Å². The van der Waals surface area contributed by atoms with Crippen molar-refractivity contribution in [3.8, 4) is 0 Å². The number of piperidine rings is 1. The summed E-state index contributed by atoms with van der Waals surface area (Å²) in [5, 5.41) is 0. The third-order valence-corrected chi connectivity index (χ3v) is 4.07. The molecule has 2 atom stereocenters. The molecule has 0 saturated carbocycles. The molecular formula is C16H25FN2O. The summed E-state index contributed by atoms with van der Waals surface area (Å²) in [4.78, 5) is 2.42. The molecule has 112 valence electrons. The monoisotopic (exact) mass is 280 g/mol. The second kappa shape index (κ2) is 7.72. The number of hydrogen-bond donors (Lipinski definition) is 1. The van der Waals surface area contributed by atoms with Gasteiger partial charge in [-0.05, 0) is 44.3 Å². The predicted octanol–water partition coefficient (Wildman–Crippen LogP) is 2.57. The van der Waals surface area contributed by atoms with Crippen molar-refractivity contribution in [1.82, 2.24) is 4.90 Å². The van der Waals surface area contributed by atoms with E-state index in [1.807, 2.05) is 6.07 Å². The number of hydrogen-bond acceptors (Lipinski definition) is 3. The minimum absolute atomic E-state index is 0.198. The fourth-order valence-corrected chi connectivity index (χ4v) is 2.98. The molecule has 1 heterocycles. The molecule has 4 heteroatoms. The van der Waals surface area contributed by atoms with Crippen molar-refractivity contribution < 1.29 is 9.13 Å². The Morgan fingerprint density at radius 3 is 3.00 bits per heavy atom. The molecule has 1 aromatic carbocycles. The number of halogens is 1. The van der Waals surface area contributed by atoms with Crippen molar-refractivity contribution in [2.45, 2.75) is 25.3 Å². The van der Waals surface area contributed by atoms with Gasteiger partial charge in [-0.1, -0.05) is 18.2 Å². The molecule has 0 radical (unpaired) electrons. The minimum Gasteiger partial charge on any atom is -0.384 e. The van der Waals surface area contributed by atoms with Crippen molar-refractivity contribution in [1.29, 1.82) is 0 Å². The topological polar surface area (TPSA) is 38.5 Å². The van der Waals surface area contributed by atoms with Crippen molar-refractivity contribution in [2.24, 2.45) is 11.7 Å². The molecule has 1 saturated heterocycles. The molecule has 1 aliphatic rings. The van der Waals surface area contributed by atoms with Gasteiger partial charge in [-0.2, -0.15) is 0 Å². The zero-order valence-electron chi connectivity index (χ0n) is 12.2. The average molecular weight is 280 g/mol. The largest absolute Gasteiger partial charge is 0.384 e. The van der Waals surface area contributed by atoms with Gasteiger partial charge in [0, 0.05) is 25.3 Å². The maximum absolute atomic E-state index is 13.7. The van der Waals surface area contributed by atoms with Crippen molar-refractivity contribution in [3.63, 3.8) is 0 Å². The standard InChI is InChI=1S/C16H25FN2O/c1-20-12-13-5-4-9-19(11-13)10-8-16(18)14-6-2-3-7-15(14)17/h2-3,6-7,13,16H,4-5,8-12,18H2,1H3. The summed E-state index contributed by atoms with van der Waals surface area (Å²) in [6.45, 7) is 3.94. The van der Waals surface area contributed by atoms with Crippen LogP contribution in [0.25, 0.3) is 0 Å². The molecule has 2 N–H and O–H groups in total. The maximum atomic E-state index is 13.7. The van der Waals surface area contributed by atoms with Crippen molar-refractivity contribution >= 4 is 0 Å². The Labute approximate surface area is 120 Å². The lowest BCUT2D eigenvalue weighted by molar-refractivity contribution is 0.0892. The van der Waals surface area contributed by atoms with Gasteiger partial charge in [-0.3, -0.25) is 0 Å². The summed E-state index contributed by atoms with van der Waals surface area (Å²) >= 11 is 0. The van der Waals surface area contributed by atoms with E-state index in [0.29, 0.717) is 11.5 Å². The highest BCUT2D eigenvalue weighted by Gasteiger charge is 2.20. The Kier molecular flexibility index (Phi) is 5.95. The summed E-state index contributed by atoms with van der Waals surface area (Å²) in [6.07, 6.45) is 3.24. The molecule has 0 aromatic heterocycles. The van der Waals surface area contributed by atoms with Crippen LogP contribution >= 0.6 is 0 Å². The lowest BCUT2D eigenvalue weighted by Crippen LogP contribution is -2.38. The van der Waals surface area contributed by atoms with Crippen LogP contribution in [0.4, 0.5) is 4.39 Å². The Bertz CT molecular complexity index is 411. The lowest BCUT2D eigenvalue weighted by atomic mass is 9.98. The zero-order chi connectivity index (χ0) is 14.4. The highest BCUT2D eigenvalue weighted by molar-refractivity contribution is 5.20. The number of methoxy groups -OCH3 is 1. The molecule has 1 fully saturated rings. The van der Waals surface area contributed by atoms with Gasteiger partial charge in [0.25, 0.3) is 0 Å². The number of rotatable bonds is 6. The molecule has 20 heavy (non-hydrogen) atoms. The van der Waals surface area contributed by atoms with E-state index in [4.69, 9.17) is 10.5 Å². The van der Waals surface area contributed by atoms with Gasteiger partial charge in [0.1, 0.15) is 5.82 Å². The van der Waals surface area contributed by atoms with Crippen LogP contribution in [0.5, 0.6) is 0 Å². The molecule has 0 spiro atoms. The van der Waals surface area contributed by atoms with Crippen LogP contribution in [-0.2, 0) is 4.74 Å². The van der Waals surface area contributed by atoms with E-state index < -0.39 is 0 Å². The normalized spacial score (nSPS) is 21.9. The summed E-state index contributed by atoms with van der Waals surface area (Å²) in [5.74, 6) is 0.425. The van der Waals surface area contributed by atoms with Crippen LogP contribution < -0.4 is 5.73 Å². The second-order valence-electron chi connectivity index (χ2n) is 5.68. The molecule has 0 bridgehead atoms. The van der Waals surface area contributed by atoms with Gasteiger partial charge in [-0.15, -0.1) is 0 Å². The fraction of sp³-hybridized carbons (Fsp3) is 0.625. The first-order chi connectivity index (χ1) is 9.70. The number of nitrogens with two attached hydrogens (primary N) is 1. The molecule has 2 rings (SSSR count). The van der Waals surface area contributed by atoms with E-state index in [1.54, 1.807) is 19.2 Å². The van der Waals surface area contributed by atoms with Gasteiger partial charge in [0.05, 0.1) is 6.61 Å². The smallest absolute Gasteiger partial charge is 0.127 e. The molecule has 3 nitrogen and oxygen atoms in total. The van der Waals surface area contributed by atoms with Crippen molar-refractivity contribution in [2.75, 3.05) is 33.4 Å². The second-order valence-corrected chi connectivity index (χ2v) is 5.68.